The zero-order chi connectivity index (χ0) is 18.8. The molecule has 0 atom stereocenters. The van der Waals surface area contributed by atoms with E-state index in [4.69, 9.17) is 4.74 Å². The summed E-state index contributed by atoms with van der Waals surface area (Å²) >= 11 is 0. The highest BCUT2D eigenvalue weighted by molar-refractivity contribution is 5.97. The fraction of sp³-hybridized carbons (Fsp3) is 0.211. The van der Waals surface area contributed by atoms with Crippen molar-refractivity contribution in [2.45, 2.75) is 19.9 Å². The number of hydrogen-bond acceptors (Lipinski definition) is 5. The van der Waals surface area contributed by atoms with Crippen LogP contribution in [0, 0.1) is 0 Å². The van der Waals surface area contributed by atoms with Crippen LogP contribution in [0.3, 0.4) is 0 Å². The smallest absolute Gasteiger partial charge is 0.249 e. The quantitative estimate of drug-likeness (QED) is 0.383. The molecule has 0 aliphatic carbocycles. The summed E-state index contributed by atoms with van der Waals surface area (Å²) in [5, 5.41) is 16.1. The number of carbonyl (C=O) groups excluding carboxylic acids is 2. The molecule has 0 saturated carbocycles. The van der Waals surface area contributed by atoms with Gasteiger partial charge in [-0.15, -0.1) is 0 Å². The maximum Gasteiger partial charge on any atom is 0.249 e. The number of nitrogens with zero attached hydrogens (tertiary/aromatic N) is 1. The van der Waals surface area contributed by atoms with E-state index in [9.17, 15) is 14.7 Å². The Bertz CT molecular complexity index is 776. The second-order valence-corrected chi connectivity index (χ2v) is 5.39. The second-order valence-electron chi connectivity index (χ2n) is 5.39. The van der Waals surface area contributed by atoms with Crippen molar-refractivity contribution < 1.29 is 19.4 Å². The third kappa shape index (κ3) is 6.27. The Morgan fingerprint density at radius 2 is 1.92 bits per heavy atom. The van der Waals surface area contributed by atoms with Crippen LogP contribution in [-0.2, 0) is 16.1 Å². The lowest BCUT2D eigenvalue weighted by atomic mass is 10.2. The van der Waals surface area contributed by atoms with E-state index < -0.39 is 5.91 Å². The fourth-order valence-electron chi connectivity index (χ4n) is 2.11. The van der Waals surface area contributed by atoms with Crippen molar-refractivity contribution in [1.29, 1.82) is 0 Å². The van der Waals surface area contributed by atoms with Gasteiger partial charge in [-0.2, -0.15) is 5.10 Å². The first-order valence-electron chi connectivity index (χ1n) is 8.17. The highest BCUT2D eigenvalue weighted by Crippen LogP contribution is 2.26. The van der Waals surface area contributed by atoms with Gasteiger partial charge in [0, 0.05) is 6.54 Å². The number of rotatable bonds is 8. The Morgan fingerprint density at radius 3 is 2.65 bits per heavy atom. The van der Waals surface area contributed by atoms with Gasteiger partial charge in [0.1, 0.15) is 6.42 Å². The molecule has 2 amide bonds. The summed E-state index contributed by atoms with van der Waals surface area (Å²) in [5.41, 5.74) is 3.89. The van der Waals surface area contributed by atoms with Crippen molar-refractivity contribution in [1.82, 2.24) is 10.7 Å². The number of nitrogens with one attached hydrogen (secondary N) is 2. The number of amides is 2. The van der Waals surface area contributed by atoms with Crippen molar-refractivity contribution in [3.05, 3.63) is 59.7 Å². The number of phenols is 1. The third-order valence-electron chi connectivity index (χ3n) is 3.34. The molecule has 0 radical (unpaired) electrons. The molecule has 0 saturated heterocycles. The minimum atomic E-state index is -0.518. The first-order valence-corrected chi connectivity index (χ1v) is 8.17. The predicted octanol–water partition coefficient (Wildman–Crippen LogP) is 1.95. The maximum absolute atomic E-state index is 11.7. The van der Waals surface area contributed by atoms with E-state index in [2.05, 4.69) is 15.8 Å². The molecule has 7 nitrogen and oxygen atoms in total. The van der Waals surface area contributed by atoms with Gasteiger partial charge >= 0.3 is 0 Å². The minimum Gasteiger partial charge on any atom is -0.504 e. The molecule has 0 heterocycles. The normalized spacial score (nSPS) is 10.5. The standard InChI is InChI=1S/C19H21N3O4/c1-2-26-17-10-15(8-9-16(17)23)13-21-22-19(25)11-18(24)20-12-14-6-4-3-5-7-14/h3-10,13,23H,2,11-12H2,1H3,(H,20,24)(H,22,25)/b21-13+. The number of carbonyl (C=O) groups is 2. The molecule has 0 aliphatic heterocycles. The zero-order valence-corrected chi connectivity index (χ0v) is 14.4. The average Bonchev–Trinajstić information content (AvgIpc) is 2.64. The molecule has 0 aliphatic rings. The summed E-state index contributed by atoms with van der Waals surface area (Å²) in [5.74, 6) is -0.536. The Kier molecular flexibility index (Phi) is 7.17. The van der Waals surface area contributed by atoms with Gasteiger partial charge in [0.15, 0.2) is 11.5 Å². The highest BCUT2D eigenvalue weighted by atomic mass is 16.5. The van der Waals surface area contributed by atoms with Gasteiger partial charge in [-0.25, -0.2) is 5.43 Å². The fourth-order valence-corrected chi connectivity index (χ4v) is 2.11. The molecule has 0 fully saturated rings. The summed E-state index contributed by atoms with van der Waals surface area (Å²) in [6.45, 7) is 2.59. The zero-order valence-electron chi connectivity index (χ0n) is 14.4. The Morgan fingerprint density at radius 1 is 1.15 bits per heavy atom. The molecule has 136 valence electrons. The van der Waals surface area contributed by atoms with Gasteiger partial charge in [0.25, 0.3) is 0 Å². The molecule has 7 heteroatoms. The van der Waals surface area contributed by atoms with Crippen molar-refractivity contribution in [3.63, 3.8) is 0 Å². The lowest BCUT2D eigenvalue weighted by Gasteiger charge is -2.06. The number of aromatic hydroxyl groups is 1. The molecular formula is C19H21N3O4. The molecular weight excluding hydrogens is 334 g/mol. The molecule has 0 unspecified atom stereocenters. The first-order chi connectivity index (χ1) is 12.6. The van der Waals surface area contributed by atoms with Gasteiger partial charge in [-0.05, 0) is 36.2 Å². The van der Waals surface area contributed by atoms with Crippen LogP contribution >= 0.6 is 0 Å². The maximum atomic E-state index is 11.7. The molecule has 2 aromatic carbocycles. The van der Waals surface area contributed by atoms with Gasteiger partial charge in [-0.3, -0.25) is 9.59 Å². The van der Waals surface area contributed by atoms with Crippen LogP contribution in [0.25, 0.3) is 0 Å². The monoisotopic (exact) mass is 355 g/mol. The molecule has 26 heavy (non-hydrogen) atoms. The van der Waals surface area contributed by atoms with Crippen molar-refractivity contribution in [2.24, 2.45) is 5.10 Å². The molecule has 0 spiro atoms. The van der Waals surface area contributed by atoms with Crippen molar-refractivity contribution in [2.75, 3.05) is 6.61 Å². The van der Waals surface area contributed by atoms with E-state index in [0.29, 0.717) is 24.5 Å². The SMILES string of the molecule is CCOc1cc(/C=N/NC(=O)CC(=O)NCc2ccccc2)ccc1O. The molecule has 0 bridgehead atoms. The average molecular weight is 355 g/mol. The predicted molar refractivity (Wildman–Crippen MR) is 97.9 cm³/mol. The van der Waals surface area contributed by atoms with Crippen molar-refractivity contribution >= 4 is 18.0 Å². The number of phenolic OH excluding ortho intramolecular Hbond substituents is 1. The second kappa shape index (κ2) is 9.83. The van der Waals surface area contributed by atoms with Gasteiger partial charge in [0.05, 0.1) is 12.8 Å². The van der Waals surface area contributed by atoms with E-state index in [-0.39, 0.29) is 18.1 Å². The van der Waals surface area contributed by atoms with Crippen LogP contribution in [0.4, 0.5) is 0 Å². The van der Waals surface area contributed by atoms with Gasteiger partial charge in [0.2, 0.25) is 11.8 Å². The number of benzene rings is 2. The van der Waals surface area contributed by atoms with E-state index in [1.54, 1.807) is 12.1 Å². The summed E-state index contributed by atoms with van der Waals surface area (Å²) in [4.78, 5) is 23.5. The summed E-state index contributed by atoms with van der Waals surface area (Å²) in [6, 6.07) is 14.1. The van der Waals surface area contributed by atoms with E-state index in [1.807, 2.05) is 37.3 Å². The van der Waals surface area contributed by atoms with Crippen LogP contribution in [0.5, 0.6) is 11.5 Å². The van der Waals surface area contributed by atoms with Crippen LogP contribution in [-0.4, -0.2) is 29.7 Å². The summed E-state index contributed by atoms with van der Waals surface area (Å²) in [7, 11) is 0. The summed E-state index contributed by atoms with van der Waals surface area (Å²) < 4.78 is 5.27. The Balaban J connectivity index is 1.78. The van der Waals surface area contributed by atoms with E-state index in [1.165, 1.54) is 12.3 Å². The number of ether oxygens (including phenoxy) is 1. The Labute approximate surface area is 151 Å². The van der Waals surface area contributed by atoms with E-state index in [0.717, 1.165) is 5.56 Å². The number of hydrazone groups is 1. The topological polar surface area (TPSA) is 100 Å². The summed E-state index contributed by atoms with van der Waals surface area (Å²) in [6.07, 6.45) is 1.09. The highest BCUT2D eigenvalue weighted by Gasteiger charge is 2.08. The van der Waals surface area contributed by atoms with Crippen LogP contribution in [0.2, 0.25) is 0 Å². The lowest BCUT2D eigenvalue weighted by molar-refractivity contribution is -0.129. The van der Waals surface area contributed by atoms with Gasteiger partial charge < -0.3 is 15.2 Å². The molecule has 2 rings (SSSR count). The number of hydrogen-bond donors (Lipinski definition) is 3. The molecule has 0 aromatic heterocycles. The minimum absolute atomic E-state index is 0.0307. The van der Waals surface area contributed by atoms with Crippen LogP contribution in [0.15, 0.2) is 53.6 Å². The van der Waals surface area contributed by atoms with Gasteiger partial charge in [-0.1, -0.05) is 30.3 Å². The van der Waals surface area contributed by atoms with Crippen molar-refractivity contribution in [3.8, 4) is 11.5 Å². The van der Waals surface area contributed by atoms with Crippen LogP contribution in [0.1, 0.15) is 24.5 Å². The molecule has 2 aromatic rings. The third-order valence-corrected chi connectivity index (χ3v) is 3.34. The lowest BCUT2D eigenvalue weighted by Crippen LogP contribution is -2.29. The Hall–Kier alpha value is -3.35. The first kappa shape index (κ1) is 19.0. The van der Waals surface area contributed by atoms with Crippen LogP contribution < -0.4 is 15.5 Å². The largest absolute Gasteiger partial charge is 0.504 e. The molecule has 3 N–H and O–H groups in total. The van der Waals surface area contributed by atoms with E-state index >= 15 is 0 Å².